The molecule has 2 saturated carbocycles. The second-order valence-electron chi connectivity index (χ2n) is 6.86. The zero-order chi connectivity index (χ0) is 13.1. The molecular weight excluding hydrogens is 252 g/mol. The summed E-state index contributed by atoms with van der Waals surface area (Å²) in [4.78, 5) is 2.86. The Balaban J connectivity index is 1.66. The van der Waals surface area contributed by atoms with E-state index in [9.17, 15) is 0 Å². The highest BCUT2D eigenvalue weighted by Gasteiger charge is 2.40. The van der Waals surface area contributed by atoms with Gasteiger partial charge in [0.25, 0.3) is 0 Å². The summed E-state index contributed by atoms with van der Waals surface area (Å²) in [6, 6.07) is 0.865. The number of hydrogen-bond donors (Lipinski definition) is 1. The van der Waals surface area contributed by atoms with Crippen molar-refractivity contribution in [1.29, 1.82) is 0 Å². The van der Waals surface area contributed by atoms with Crippen LogP contribution in [0.25, 0.3) is 0 Å². The van der Waals surface area contributed by atoms with Crippen molar-refractivity contribution in [3.8, 4) is 0 Å². The Morgan fingerprint density at radius 2 is 1.84 bits per heavy atom. The topological polar surface area (TPSA) is 15.3 Å². The lowest BCUT2D eigenvalue weighted by Crippen LogP contribution is -2.64. The van der Waals surface area contributed by atoms with Crippen molar-refractivity contribution in [2.45, 2.75) is 74.6 Å². The van der Waals surface area contributed by atoms with Gasteiger partial charge in [0, 0.05) is 36.5 Å². The van der Waals surface area contributed by atoms with Gasteiger partial charge in [-0.25, -0.2) is 0 Å². The smallest absolute Gasteiger partial charge is 0.0309 e. The number of nitrogens with one attached hydrogen (secondary N) is 1. The minimum Gasteiger partial charge on any atom is -0.309 e. The maximum atomic E-state index is 3.89. The average molecular weight is 282 g/mol. The summed E-state index contributed by atoms with van der Waals surface area (Å²) in [5.41, 5.74) is 0.483. The SMILES string of the molecule is CSC1CCCCC1N1CCNC2(CCCCC2)C1. The fourth-order valence-corrected chi connectivity index (χ4v) is 5.63. The van der Waals surface area contributed by atoms with E-state index in [2.05, 4.69) is 28.2 Å². The third-order valence-electron chi connectivity index (χ3n) is 5.65. The van der Waals surface area contributed by atoms with Crippen LogP contribution in [0.3, 0.4) is 0 Å². The second-order valence-corrected chi connectivity index (χ2v) is 7.94. The molecule has 1 N–H and O–H groups in total. The molecule has 19 heavy (non-hydrogen) atoms. The van der Waals surface area contributed by atoms with E-state index in [-0.39, 0.29) is 0 Å². The van der Waals surface area contributed by atoms with E-state index in [0.29, 0.717) is 5.54 Å². The van der Waals surface area contributed by atoms with Crippen LogP contribution < -0.4 is 5.32 Å². The van der Waals surface area contributed by atoms with Crippen molar-refractivity contribution < 1.29 is 0 Å². The number of nitrogens with zero attached hydrogens (tertiary/aromatic N) is 1. The molecule has 1 saturated heterocycles. The van der Waals surface area contributed by atoms with Crippen LogP contribution in [0.5, 0.6) is 0 Å². The number of piperazine rings is 1. The van der Waals surface area contributed by atoms with Crippen LogP contribution in [0.4, 0.5) is 0 Å². The lowest BCUT2D eigenvalue weighted by Gasteiger charge is -2.50. The quantitative estimate of drug-likeness (QED) is 0.837. The molecular formula is C16H30N2S. The first-order chi connectivity index (χ1) is 9.33. The molecule has 2 aliphatic carbocycles. The van der Waals surface area contributed by atoms with E-state index >= 15 is 0 Å². The molecule has 2 nitrogen and oxygen atoms in total. The third kappa shape index (κ3) is 3.14. The number of hydrogen-bond acceptors (Lipinski definition) is 3. The minimum atomic E-state index is 0.483. The summed E-state index contributed by atoms with van der Waals surface area (Å²) in [5, 5.41) is 4.78. The fourth-order valence-electron chi connectivity index (χ4n) is 4.60. The lowest BCUT2D eigenvalue weighted by atomic mass is 9.79. The Morgan fingerprint density at radius 3 is 2.63 bits per heavy atom. The van der Waals surface area contributed by atoms with Crippen molar-refractivity contribution >= 4 is 11.8 Å². The van der Waals surface area contributed by atoms with E-state index in [0.717, 1.165) is 11.3 Å². The van der Waals surface area contributed by atoms with Gasteiger partial charge in [-0.15, -0.1) is 0 Å². The maximum absolute atomic E-state index is 3.89. The van der Waals surface area contributed by atoms with Gasteiger partial charge in [-0.1, -0.05) is 32.1 Å². The molecule has 3 rings (SSSR count). The van der Waals surface area contributed by atoms with Gasteiger partial charge < -0.3 is 5.32 Å². The Labute approximate surface area is 123 Å². The second kappa shape index (κ2) is 6.36. The monoisotopic (exact) mass is 282 g/mol. The van der Waals surface area contributed by atoms with Crippen molar-refractivity contribution in [2.75, 3.05) is 25.9 Å². The predicted molar refractivity (Wildman–Crippen MR) is 85.0 cm³/mol. The molecule has 0 aromatic carbocycles. The first-order valence-electron chi connectivity index (χ1n) is 8.35. The molecule has 2 atom stereocenters. The van der Waals surface area contributed by atoms with E-state index < -0.39 is 0 Å². The Morgan fingerprint density at radius 1 is 1.05 bits per heavy atom. The Kier molecular flexibility index (Phi) is 4.76. The zero-order valence-corrected chi connectivity index (χ0v) is 13.3. The van der Waals surface area contributed by atoms with Crippen molar-refractivity contribution in [2.24, 2.45) is 0 Å². The number of rotatable bonds is 2. The Hall–Kier alpha value is 0.270. The molecule has 0 aromatic heterocycles. The summed E-state index contributed by atoms with van der Waals surface area (Å²) >= 11 is 2.12. The molecule has 2 unspecified atom stereocenters. The average Bonchev–Trinajstić information content (AvgIpc) is 2.48. The standard InChI is InChI=1S/C16H30N2S/c1-19-15-8-4-3-7-14(15)18-12-11-17-16(13-18)9-5-2-6-10-16/h14-15,17H,2-13H2,1H3. The molecule has 1 heterocycles. The highest BCUT2D eigenvalue weighted by molar-refractivity contribution is 7.99. The first kappa shape index (κ1) is 14.2. The van der Waals surface area contributed by atoms with Gasteiger partial charge in [0.1, 0.15) is 0 Å². The third-order valence-corrected chi connectivity index (χ3v) is 6.81. The first-order valence-corrected chi connectivity index (χ1v) is 9.64. The van der Waals surface area contributed by atoms with Gasteiger partial charge >= 0.3 is 0 Å². The van der Waals surface area contributed by atoms with Crippen molar-refractivity contribution in [1.82, 2.24) is 10.2 Å². The van der Waals surface area contributed by atoms with Gasteiger partial charge in [-0.05, 0) is 31.9 Å². The summed E-state index contributed by atoms with van der Waals surface area (Å²) in [6.45, 7) is 3.83. The van der Waals surface area contributed by atoms with E-state index in [1.54, 1.807) is 0 Å². The van der Waals surface area contributed by atoms with Crippen molar-refractivity contribution in [3.05, 3.63) is 0 Å². The number of thioether (sulfide) groups is 1. The molecule has 0 aromatic rings. The normalized spacial score (nSPS) is 36.5. The molecule has 0 radical (unpaired) electrons. The van der Waals surface area contributed by atoms with Crippen molar-refractivity contribution in [3.63, 3.8) is 0 Å². The highest BCUT2D eigenvalue weighted by atomic mass is 32.2. The fraction of sp³-hybridized carbons (Fsp3) is 1.00. The molecule has 1 spiro atoms. The summed E-state index contributed by atoms with van der Waals surface area (Å²) < 4.78 is 0. The van der Waals surface area contributed by atoms with Gasteiger partial charge in [0.2, 0.25) is 0 Å². The van der Waals surface area contributed by atoms with Crippen LogP contribution in [-0.4, -0.2) is 47.6 Å². The minimum absolute atomic E-state index is 0.483. The van der Waals surface area contributed by atoms with Crippen LogP contribution in [0.2, 0.25) is 0 Å². The van der Waals surface area contributed by atoms with Gasteiger partial charge in [-0.3, -0.25) is 4.90 Å². The van der Waals surface area contributed by atoms with Gasteiger partial charge in [0.05, 0.1) is 0 Å². The molecule has 0 amide bonds. The van der Waals surface area contributed by atoms with E-state index in [4.69, 9.17) is 0 Å². The summed E-state index contributed by atoms with van der Waals surface area (Å²) in [5.74, 6) is 0. The van der Waals surface area contributed by atoms with E-state index in [1.165, 1.54) is 77.4 Å². The molecule has 1 aliphatic heterocycles. The van der Waals surface area contributed by atoms with Crippen LogP contribution in [-0.2, 0) is 0 Å². The molecule has 3 aliphatic rings. The van der Waals surface area contributed by atoms with Gasteiger partial charge in [-0.2, -0.15) is 11.8 Å². The lowest BCUT2D eigenvalue weighted by molar-refractivity contribution is 0.0566. The largest absolute Gasteiger partial charge is 0.309 e. The predicted octanol–water partition coefficient (Wildman–Crippen LogP) is 3.27. The van der Waals surface area contributed by atoms with Crippen LogP contribution in [0.15, 0.2) is 0 Å². The van der Waals surface area contributed by atoms with E-state index in [1.807, 2.05) is 0 Å². The molecule has 3 fully saturated rings. The molecule has 0 bridgehead atoms. The van der Waals surface area contributed by atoms with Gasteiger partial charge in [0.15, 0.2) is 0 Å². The van der Waals surface area contributed by atoms with Crippen LogP contribution in [0, 0.1) is 0 Å². The van der Waals surface area contributed by atoms with Crippen LogP contribution in [0.1, 0.15) is 57.8 Å². The summed E-state index contributed by atoms with van der Waals surface area (Å²) in [7, 11) is 0. The maximum Gasteiger partial charge on any atom is 0.0309 e. The zero-order valence-electron chi connectivity index (χ0n) is 12.5. The molecule has 110 valence electrons. The Bertz CT molecular complexity index is 283. The summed E-state index contributed by atoms with van der Waals surface area (Å²) in [6.07, 6.45) is 15.3. The van der Waals surface area contributed by atoms with Crippen LogP contribution >= 0.6 is 11.8 Å². The highest BCUT2D eigenvalue weighted by Crippen LogP contribution is 2.35. The molecule has 3 heteroatoms.